The lowest BCUT2D eigenvalue weighted by molar-refractivity contribution is -0.604. The SMILES string of the molecule is CC(C)N1CC(N(c2cnn(C)c2)S(=O)(=O)[NH+]([O-])C(=O)Nc2c3c(cc4c2CCC4)CCC3)C1. The van der Waals surface area contributed by atoms with Crippen molar-refractivity contribution in [2.24, 2.45) is 7.05 Å². The van der Waals surface area contributed by atoms with E-state index in [9.17, 15) is 18.4 Å². The Hall–Kier alpha value is -2.47. The zero-order valence-electron chi connectivity index (χ0n) is 19.9. The van der Waals surface area contributed by atoms with E-state index in [1.54, 1.807) is 13.2 Å². The topological polar surface area (TPSA) is 115 Å². The van der Waals surface area contributed by atoms with Crippen LogP contribution >= 0.6 is 0 Å². The highest BCUT2D eigenvalue weighted by Crippen LogP contribution is 2.38. The van der Waals surface area contributed by atoms with E-state index in [0.717, 1.165) is 54.0 Å². The Kier molecular flexibility index (Phi) is 5.91. The molecule has 5 rings (SSSR count). The molecule has 1 unspecified atom stereocenters. The van der Waals surface area contributed by atoms with Crippen LogP contribution < -0.4 is 14.1 Å². The molecule has 1 fully saturated rings. The number of quaternary nitrogens is 1. The van der Waals surface area contributed by atoms with Crippen LogP contribution in [0.4, 0.5) is 16.2 Å². The Labute approximate surface area is 200 Å². The number of carbonyl (C=O) groups excluding carboxylic acids is 1. The van der Waals surface area contributed by atoms with E-state index in [4.69, 9.17) is 0 Å². The van der Waals surface area contributed by atoms with Crippen LogP contribution in [0.25, 0.3) is 0 Å². The first-order valence-electron chi connectivity index (χ1n) is 12.0. The minimum Gasteiger partial charge on any atom is -0.608 e. The molecule has 10 nitrogen and oxygen atoms in total. The first-order valence-corrected chi connectivity index (χ1v) is 13.4. The lowest BCUT2D eigenvalue weighted by Crippen LogP contribution is -3.14. The monoisotopic (exact) mass is 488 g/mol. The Bertz CT molecular complexity index is 1190. The third-order valence-electron chi connectivity index (χ3n) is 7.29. The predicted octanol–water partition coefficient (Wildman–Crippen LogP) is 1.16. The quantitative estimate of drug-likeness (QED) is 0.590. The van der Waals surface area contributed by atoms with Gasteiger partial charge in [-0.15, -0.1) is 0 Å². The van der Waals surface area contributed by atoms with Gasteiger partial charge in [0.15, 0.2) is 0 Å². The number of fused-ring (bicyclic) bond motifs is 2. The average molecular weight is 489 g/mol. The maximum atomic E-state index is 13.5. The lowest BCUT2D eigenvalue weighted by atomic mass is 9.99. The second-order valence-corrected chi connectivity index (χ2v) is 11.6. The predicted molar refractivity (Wildman–Crippen MR) is 129 cm³/mol. The molecule has 3 aliphatic rings. The average Bonchev–Trinajstić information content (AvgIpc) is 3.49. The molecule has 0 spiro atoms. The summed E-state index contributed by atoms with van der Waals surface area (Å²) in [5.41, 5.74) is 5.46. The van der Waals surface area contributed by atoms with Crippen molar-refractivity contribution in [3.05, 3.63) is 45.9 Å². The molecule has 2 heterocycles. The van der Waals surface area contributed by atoms with Gasteiger partial charge in [0.1, 0.15) is 0 Å². The Morgan fingerprint density at radius 1 is 1.18 bits per heavy atom. The molecule has 184 valence electrons. The fraction of sp³-hybridized carbons (Fsp3) is 0.565. The summed E-state index contributed by atoms with van der Waals surface area (Å²) < 4.78 is 28.2. The highest BCUT2D eigenvalue weighted by atomic mass is 32.2. The Morgan fingerprint density at radius 2 is 1.79 bits per heavy atom. The minimum absolute atomic E-state index is 0.260. The zero-order valence-corrected chi connectivity index (χ0v) is 20.7. The number of amides is 2. The van der Waals surface area contributed by atoms with Gasteiger partial charge in [0, 0.05) is 32.4 Å². The molecule has 34 heavy (non-hydrogen) atoms. The zero-order chi connectivity index (χ0) is 24.2. The summed E-state index contributed by atoms with van der Waals surface area (Å²) in [6.07, 6.45) is 8.50. The molecule has 2 aliphatic carbocycles. The van der Waals surface area contributed by atoms with Gasteiger partial charge in [0.25, 0.3) is 0 Å². The summed E-state index contributed by atoms with van der Waals surface area (Å²) in [6, 6.07) is 0.956. The van der Waals surface area contributed by atoms with Crippen molar-refractivity contribution in [3.8, 4) is 0 Å². The number of benzene rings is 1. The first kappa shape index (κ1) is 23.3. The lowest BCUT2D eigenvalue weighted by Gasteiger charge is -2.46. The molecule has 2 N–H and O–H groups in total. The van der Waals surface area contributed by atoms with Crippen LogP contribution in [-0.2, 0) is 42.9 Å². The summed E-state index contributed by atoms with van der Waals surface area (Å²) in [6.45, 7) is 5.05. The highest BCUT2D eigenvalue weighted by molar-refractivity contribution is 7.86. The van der Waals surface area contributed by atoms with Crippen molar-refractivity contribution in [1.82, 2.24) is 14.7 Å². The fourth-order valence-corrected chi connectivity index (χ4v) is 6.83. The van der Waals surface area contributed by atoms with Crippen molar-refractivity contribution < 1.29 is 17.7 Å². The van der Waals surface area contributed by atoms with E-state index in [-0.39, 0.29) is 6.04 Å². The van der Waals surface area contributed by atoms with Gasteiger partial charge in [-0.3, -0.25) is 14.9 Å². The van der Waals surface area contributed by atoms with Gasteiger partial charge in [0.05, 0.1) is 23.6 Å². The number of hydrogen-bond acceptors (Lipinski definition) is 6. The maximum absolute atomic E-state index is 13.5. The number of likely N-dealkylation sites (tertiary alicyclic amines) is 1. The number of hydrogen-bond donors (Lipinski definition) is 2. The number of anilines is 2. The largest absolute Gasteiger partial charge is 0.608 e. The molecule has 2 aromatic rings. The number of aromatic nitrogens is 2. The molecule has 1 atom stereocenters. The Morgan fingerprint density at radius 3 is 2.32 bits per heavy atom. The first-order chi connectivity index (χ1) is 16.2. The molecule has 1 saturated heterocycles. The van der Waals surface area contributed by atoms with E-state index in [1.807, 2.05) is 13.8 Å². The van der Waals surface area contributed by atoms with Crippen molar-refractivity contribution in [1.29, 1.82) is 0 Å². The summed E-state index contributed by atoms with van der Waals surface area (Å²) in [4.78, 5) is 15.2. The van der Waals surface area contributed by atoms with Gasteiger partial charge < -0.3 is 5.21 Å². The molecular weight excluding hydrogens is 456 g/mol. The van der Waals surface area contributed by atoms with E-state index < -0.39 is 26.8 Å². The van der Waals surface area contributed by atoms with Gasteiger partial charge in [0.2, 0.25) is 0 Å². The molecule has 2 amide bonds. The van der Waals surface area contributed by atoms with Crippen molar-refractivity contribution in [2.75, 3.05) is 22.7 Å². The molecule has 0 bridgehead atoms. The van der Waals surface area contributed by atoms with E-state index in [0.29, 0.717) is 24.5 Å². The van der Waals surface area contributed by atoms with Crippen LogP contribution in [0.2, 0.25) is 0 Å². The number of hydroxylamine groups is 1. The van der Waals surface area contributed by atoms with Crippen LogP contribution in [0.3, 0.4) is 0 Å². The maximum Gasteiger partial charge on any atom is 0.436 e. The van der Waals surface area contributed by atoms with Crippen molar-refractivity contribution >= 4 is 27.6 Å². The molecule has 1 aliphatic heterocycles. The number of urea groups is 1. The highest BCUT2D eigenvalue weighted by Gasteiger charge is 2.45. The number of carbonyl (C=O) groups is 1. The van der Waals surface area contributed by atoms with E-state index in [2.05, 4.69) is 21.4 Å². The normalized spacial score (nSPS) is 19.1. The summed E-state index contributed by atoms with van der Waals surface area (Å²) in [5, 5.41) is 20.0. The van der Waals surface area contributed by atoms with E-state index >= 15 is 0 Å². The molecule has 1 aromatic heterocycles. The molecule has 11 heteroatoms. The molecular formula is C23H32N6O4S. The summed E-state index contributed by atoms with van der Waals surface area (Å²) >= 11 is 0. The second kappa shape index (κ2) is 8.63. The van der Waals surface area contributed by atoms with Crippen LogP contribution in [0.1, 0.15) is 48.9 Å². The van der Waals surface area contributed by atoms with Crippen molar-refractivity contribution in [2.45, 2.75) is 64.5 Å². The molecule has 1 aromatic carbocycles. The van der Waals surface area contributed by atoms with Crippen LogP contribution in [-0.4, -0.2) is 54.3 Å². The number of nitrogens with one attached hydrogen (secondary N) is 2. The van der Waals surface area contributed by atoms with Gasteiger partial charge in [-0.2, -0.15) is 18.0 Å². The fourth-order valence-electron chi connectivity index (χ4n) is 5.46. The smallest absolute Gasteiger partial charge is 0.436 e. The molecule has 0 saturated carbocycles. The second-order valence-electron chi connectivity index (χ2n) is 9.85. The standard InChI is InChI=1S/C23H32N6O4S/c1-15(2)27-13-19(14-27)28(18-11-24-26(3)12-18)34(32,33)29(31)23(30)25-22-20-8-4-6-16(20)10-17-7-5-9-21(17)22/h10-12,15,19,29H,4-9,13-14H2,1-3H3,(H,25,30). The molecule has 0 radical (unpaired) electrons. The van der Waals surface area contributed by atoms with Gasteiger partial charge in [-0.25, -0.2) is 9.10 Å². The van der Waals surface area contributed by atoms with E-state index in [1.165, 1.54) is 22.0 Å². The van der Waals surface area contributed by atoms with Crippen LogP contribution in [0.5, 0.6) is 0 Å². The van der Waals surface area contributed by atoms with Crippen LogP contribution in [0, 0.1) is 5.21 Å². The number of nitrogens with zero attached hydrogens (tertiary/aromatic N) is 4. The van der Waals surface area contributed by atoms with Gasteiger partial charge in [-0.05, 0) is 74.6 Å². The van der Waals surface area contributed by atoms with Gasteiger partial charge >= 0.3 is 16.2 Å². The van der Waals surface area contributed by atoms with Gasteiger partial charge in [-0.1, -0.05) is 6.07 Å². The minimum atomic E-state index is -4.60. The van der Waals surface area contributed by atoms with Crippen LogP contribution in [0.15, 0.2) is 18.5 Å². The number of rotatable bonds is 6. The number of aryl methyl sites for hydroxylation is 3. The van der Waals surface area contributed by atoms with Crippen molar-refractivity contribution in [3.63, 3.8) is 0 Å². The third-order valence-corrected chi connectivity index (χ3v) is 8.97. The third kappa shape index (κ3) is 3.90. The summed E-state index contributed by atoms with van der Waals surface area (Å²) in [5.74, 6) is 0. The summed E-state index contributed by atoms with van der Waals surface area (Å²) in [7, 11) is -2.91. The Balaban J connectivity index is 1.43.